The Bertz CT molecular complexity index is 1730. The molecular formula is C35H34Cl2N2O5. The van der Waals surface area contributed by atoms with Crippen LogP contribution in [0, 0.1) is 0 Å². The predicted molar refractivity (Wildman–Crippen MR) is 175 cm³/mol. The second-order valence-electron chi connectivity index (χ2n) is 10.8. The van der Waals surface area contributed by atoms with Crippen LogP contribution in [0.5, 0.6) is 11.5 Å². The molecule has 1 aliphatic rings. The SMILES string of the molecule is Cl.O=C(O)c1ccc2c(c1)nc(-c1ccc(OCc3cc(OCCO)ccc3-c3ccc(Cl)cc3)cc1)n2C1CCCCC1. The van der Waals surface area contributed by atoms with E-state index in [9.17, 15) is 15.0 Å². The fourth-order valence-corrected chi connectivity index (χ4v) is 5.99. The highest BCUT2D eigenvalue weighted by Gasteiger charge is 2.23. The van der Waals surface area contributed by atoms with Crippen molar-refractivity contribution in [3.8, 4) is 34.0 Å². The number of fused-ring (bicyclic) bond motifs is 1. The summed E-state index contributed by atoms with van der Waals surface area (Å²) >= 11 is 6.12. The monoisotopic (exact) mass is 632 g/mol. The van der Waals surface area contributed by atoms with E-state index < -0.39 is 5.97 Å². The third kappa shape index (κ3) is 6.86. The molecule has 0 atom stereocenters. The molecule has 1 aliphatic carbocycles. The van der Waals surface area contributed by atoms with Crippen molar-refractivity contribution in [2.45, 2.75) is 44.8 Å². The topological polar surface area (TPSA) is 93.8 Å². The summed E-state index contributed by atoms with van der Waals surface area (Å²) in [6.07, 6.45) is 5.75. The van der Waals surface area contributed by atoms with Gasteiger partial charge in [-0.15, -0.1) is 12.4 Å². The molecule has 0 spiro atoms. The number of aliphatic hydroxyl groups excluding tert-OH is 1. The number of aromatic nitrogens is 2. The third-order valence-electron chi connectivity index (χ3n) is 7.98. The first-order chi connectivity index (χ1) is 21.0. The summed E-state index contributed by atoms with van der Waals surface area (Å²) in [5.74, 6) is 1.26. The first-order valence-corrected chi connectivity index (χ1v) is 15.0. The van der Waals surface area contributed by atoms with Gasteiger partial charge in [0.15, 0.2) is 0 Å². The first kappa shape index (κ1) is 31.4. The van der Waals surface area contributed by atoms with Crippen molar-refractivity contribution in [3.05, 3.63) is 101 Å². The molecule has 0 unspecified atom stereocenters. The Labute approximate surface area is 267 Å². The molecule has 1 heterocycles. The summed E-state index contributed by atoms with van der Waals surface area (Å²) in [6.45, 7) is 0.462. The number of carboxylic acids is 1. The Morgan fingerprint density at radius 2 is 1.57 bits per heavy atom. The summed E-state index contributed by atoms with van der Waals surface area (Å²) in [7, 11) is 0. The van der Waals surface area contributed by atoms with Crippen LogP contribution in [0.15, 0.2) is 84.9 Å². The van der Waals surface area contributed by atoms with Gasteiger partial charge in [-0.05, 0) is 90.7 Å². The zero-order valence-electron chi connectivity index (χ0n) is 24.1. The van der Waals surface area contributed by atoms with Gasteiger partial charge in [0.1, 0.15) is 30.5 Å². The Hall–Kier alpha value is -4.04. The lowest BCUT2D eigenvalue weighted by atomic mass is 9.95. The van der Waals surface area contributed by atoms with Gasteiger partial charge >= 0.3 is 5.97 Å². The van der Waals surface area contributed by atoms with Crippen molar-refractivity contribution < 1.29 is 24.5 Å². The van der Waals surface area contributed by atoms with Gasteiger partial charge in [0, 0.05) is 22.2 Å². The van der Waals surface area contributed by atoms with Crippen LogP contribution in [0.1, 0.15) is 54.1 Å². The van der Waals surface area contributed by atoms with Gasteiger partial charge < -0.3 is 24.3 Å². The van der Waals surface area contributed by atoms with E-state index in [4.69, 9.17) is 26.1 Å². The number of hydrogen-bond donors (Lipinski definition) is 2. The number of carbonyl (C=O) groups is 1. The standard InChI is InChI=1S/C35H33ClN2O5.ClH/c36-27-11-6-23(7-12-27)31-16-15-30(42-19-18-39)20-26(31)22-43-29-13-8-24(9-14-29)34-37-32-21-25(35(40)41)10-17-33(32)38(34)28-4-2-1-3-5-28;/h6-17,20-21,28,39H,1-5,18-19,22H2,(H,40,41);1H. The molecule has 7 nitrogen and oxygen atoms in total. The number of hydrogen-bond acceptors (Lipinski definition) is 5. The van der Waals surface area contributed by atoms with Crippen LogP contribution in [-0.2, 0) is 6.61 Å². The summed E-state index contributed by atoms with van der Waals surface area (Å²) < 4.78 is 14.2. The van der Waals surface area contributed by atoms with Gasteiger partial charge in [0.25, 0.3) is 0 Å². The van der Waals surface area contributed by atoms with Gasteiger partial charge in [-0.2, -0.15) is 0 Å². The lowest BCUT2D eigenvalue weighted by Gasteiger charge is -2.25. The summed E-state index contributed by atoms with van der Waals surface area (Å²) in [5.41, 5.74) is 5.80. The fourth-order valence-electron chi connectivity index (χ4n) is 5.86. The minimum atomic E-state index is -0.957. The summed E-state index contributed by atoms with van der Waals surface area (Å²) in [6, 6.07) is 26.9. The average molecular weight is 634 g/mol. The van der Waals surface area contributed by atoms with E-state index in [2.05, 4.69) is 4.57 Å². The molecule has 0 radical (unpaired) electrons. The maximum absolute atomic E-state index is 11.6. The number of benzene rings is 4. The highest BCUT2D eigenvalue weighted by atomic mass is 35.5. The second-order valence-corrected chi connectivity index (χ2v) is 11.3. The predicted octanol–water partition coefficient (Wildman–Crippen LogP) is 8.60. The van der Waals surface area contributed by atoms with Gasteiger partial charge in [0.2, 0.25) is 0 Å². The molecule has 2 N–H and O–H groups in total. The number of imidazole rings is 1. The van der Waals surface area contributed by atoms with E-state index in [0.29, 0.717) is 34.7 Å². The van der Waals surface area contributed by atoms with Crippen molar-refractivity contribution in [1.82, 2.24) is 9.55 Å². The van der Waals surface area contributed by atoms with Gasteiger partial charge in [0.05, 0.1) is 23.2 Å². The number of rotatable bonds is 10. The number of nitrogens with zero attached hydrogens (tertiary/aromatic N) is 2. The molecule has 4 aromatic carbocycles. The van der Waals surface area contributed by atoms with Crippen molar-refractivity contribution in [1.29, 1.82) is 0 Å². The summed E-state index contributed by atoms with van der Waals surface area (Å²) in [5, 5.41) is 19.4. The molecule has 0 amide bonds. The highest BCUT2D eigenvalue weighted by Crippen LogP contribution is 2.37. The van der Waals surface area contributed by atoms with E-state index in [0.717, 1.165) is 46.4 Å². The van der Waals surface area contributed by atoms with E-state index >= 15 is 0 Å². The number of aliphatic hydroxyl groups is 1. The smallest absolute Gasteiger partial charge is 0.335 e. The van der Waals surface area contributed by atoms with E-state index in [1.54, 1.807) is 12.1 Å². The van der Waals surface area contributed by atoms with Crippen LogP contribution in [0.25, 0.3) is 33.5 Å². The lowest BCUT2D eigenvalue weighted by molar-refractivity contribution is 0.0697. The maximum atomic E-state index is 11.6. The van der Waals surface area contributed by atoms with Crippen molar-refractivity contribution in [3.63, 3.8) is 0 Å². The molecule has 0 aliphatic heterocycles. The Morgan fingerprint density at radius 3 is 2.27 bits per heavy atom. The van der Waals surface area contributed by atoms with Crippen LogP contribution < -0.4 is 9.47 Å². The van der Waals surface area contributed by atoms with Crippen LogP contribution in [-0.4, -0.2) is 38.9 Å². The van der Waals surface area contributed by atoms with Gasteiger partial charge in [-0.25, -0.2) is 9.78 Å². The van der Waals surface area contributed by atoms with Crippen LogP contribution in [0.4, 0.5) is 0 Å². The van der Waals surface area contributed by atoms with Crippen molar-refractivity contribution in [2.75, 3.05) is 13.2 Å². The second kappa shape index (κ2) is 14.2. The van der Waals surface area contributed by atoms with Gasteiger partial charge in [-0.3, -0.25) is 0 Å². The molecule has 44 heavy (non-hydrogen) atoms. The first-order valence-electron chi connectivity index (χ1n) is 14.6. The highest BCUT2D eigenvalue weighted by molar-refractivity contribution is 6.30. The maximum Gasteiger partial charge on any atom is 0.335 e. The lowest BCUT2D eigenvalue weighted by Crippen LogP contribution is -2.14. The zero-order chi connectivity index (χ0) is 29.8. The van der Waals surface area contributed by atoms with Gasteiger partial charge in [-0.1, -0.05) is 49.1 Å². The molecule has 228 valence electrons. The molecule has 1 aromatic heterocycles. The van der Waals surface area contributed by atoms with Crippen LogP contribution >= 0.6 is 24.0 Å². The minimum absolute atomic E-state index is 0. The van der Waals surface area contributed by atoms with Crippen LogP contribution in [0.3, 0.4) is 0 Å². The molecule has 1 fully saturated rings. The largest absolute Gasteiger partial charge is 0.491 e. The van der Waals surface area contributed by atoms with E-state index in [-0.39, 0.29) is 31.2 Å². The molecule has 0 bridgehead atoms. The summed E-state index contributed by atoms with van der Waals surface area (Å²) in [4.78, 5) is 16.5. The quantitative estimate of drug-likeness (QED) is 0.160. The molecular weight excluding hydrogens is 599 g/mol. The minimum Gasteiger partial charge on any atom is -0.491 e. The number of carboxylic acid groups (broad SMARTS) is 1. The number of halogens is 2. The Kier molecular flexibility index (Phi) is 10.1. The zero-order valence-corrected chi connectivity index (χ0v) is 25.7. The normalized spacial score (nSPS) is 13.4. The number of aromatic carboxylic acids is 1. The number of ether oxygens (including phenoxy) is 2. The Balaban J connectivity index is 0.00000384. The molecule has 1 saturated carbocycles. The van der Waals surface area contributed by atoms with E-state index in [1.165, 1.54) is 19.3 Å². The Morgan fingerprint density at radius 1 is 0.864 bits per heavy atom. The third-order valence-corrected chi connectivity index (χ3v) is 8.23. The molecule has 6 rings (SSSR count). The molecule has 0 saturated heterocycles. The molecule has 5 aromatic rings. The molecule has 9 heteroatoms. The van der Waals surface area contributed by atoms with Crippen LogP contribution in [0.2, 0.25) is 5.02 Å². The van der Waals surface area contributed by atoms with Crippen molar-refractivity contribution >= 4 is 41.0 Å². The van der Waals surface area contributed by atoms with Crippen molar-refractivity contribution in [2.24, 2.45) is 0 Å². The fraction of sp³-hybridized carbons (Fsp3) is 0.257. The average Bonchev–Trinajstić information content (AvgIpc) is 3.43. The van der Waals surface area contributed by atoms with E-state index in [1.807, 2.05) is 72.8 Å².